The fourth-order valence-corrected chi connectivity index (χ4v) is 2.49. The summed E-state index contributed by atoms with van der Waals surface area (Å²) < 4.78 is 38.8. The van der Waals surface area contributed by atoms with Gasteiger partial charge in [0.2, 0.25) is 0 Å². The Hall–Kier alpha value is -2.08. The molecule has 0 radical (unpaired) electrons. The Labute approximate surface area is 104 Å². The minimum Gasteiger partial charge on any atom is -0.506 e. The van der Waals surface area contributed by atoms with Crippen molar-refractivity contribution < 1.29 is 17.9 Å². The van der Waals surface area contributed by atoms with Crippen LogP contribution in [0.15, 0.2) is 53.4 Å². The maximum absolute atomic E-state index is 12.8. The summed E-state index contributed by atoms with van der Waals surface area (Å²) in [6.07, 6.45) is 0. The fraction of sp³-hybridized carbons (Fsp3) is 0. The zero-order chi connectivity index (χ0) is 13.2. The molecule has 2 rings (SSSR count). The van der Waals surface area contributed by atoms with E-state index in [0.717, 1.165) is 18.2 Å². The summed E-state index contributed by atoms with van der Waals surface area (Å²) in [4.78, 5) is 0.0636. The molecule has 94 valence electrons. The van der Waals surface area contributed by atoms with Crippen molar-refractivity contribution in [3.05, 3.63) is 54.3 Å². The third-order valence-corrected chi connectivity index (χ3v) is 3.64. The number of nitrogens with one attached hydrogen (secondary N) is 1. The van der Waals surface area contributed by atoms with Crippen LogP contribution >= 0.6 is 0 Å². The Kier molecular flexibility index (Phi) is 3.20. The summed E-state index contributed by atoms with van der Waals surface area (Å²) in [5, 5.41) is 9.43. The Bertz CT molecular complexity index is 656. The molecule has 2 aromatic carbocycles. The van der Waals surface area contributed by atoms with Crippen molar-refractivity contribution in [3.8, 4) is 5.75 Å². The second-order valence-electron chi connectivity index (χ2n) is 3.58. The van der Waals surface area contributed by atoms with E-state index in [9.17, 15) is 17.9 Å². The first-order valence-corrected chi connectivity index (χ1v) is 6.54. The number of benzene rings is 2. The Morgan fingerprint density at radius 3 is 2.33 bits per heavy atom. The summed E-state index contributed by atoms with van der Waals surface area (Å²) >= 11 is 0. The van der Waals surface area contributed by atoms with Crippen molar-refractivity contribution in [2.24, 2.45) is 0 Å². The van der Waals surface area contributed by atoms with Crippen LogP contribution in [-0.4, -0.2) is 13.5 Å². The van der Waals surface area contributed by atoms with Gasteiger partial charge in [0.05, 0.1) is 10.6 Å². The van der Waals surface area contributed by atoms with Gasteiger partial charge < -0.3 is 5.11 Å². The SMILES string of the molecule is O=S(=O)(Nc1ccc(F)cc1O)c1ccccc1. The van der Waals surface area contributed by atoms with E-state index < -0.39 is 21.6 Å². The number of phenolic OH excluding ortho intramolecular Hbond substituents is 1. The van der Waals surface area contributed by atoms with Crippen molar-refractivity contribution >= 4 is 15.7 Å². The van der Waals surface area contributed by atoms with Crippen LogP contribution in [0.3, 0.4) is 0 Å². The zero-order valence-corrected chi connectivity index (χ0v) is 9.99. The highest BCUT2D eigenvalue weighted by Gasteiger charge is 2.15. The van der Waals surface area contributed by atoms with Crippen molar-refractivity contribution in [2.45, 2.75) is 4.90 Å². The minimum absolute atomic E-state index is 0.0636. The van der Waals surface area contributed by atoms with Crippen molar-refractivity contribution in [1.82, 2.24) is 0 Å². The van der Waals surface area contributed by atoms with E-state index in [1.807, 2.05) is 0 Å². The Morgan fingerprint density at radius 2 is 1.72 bits per heavy atom. The van der Waals surface area contributed by atoms with Gasteiger partial charge in [0.15, 0.2) is 0 Å². The molecule has 6 heteroatoms. The third-order valence-electron chi connectivity index (χ3n) is 2.26. The van der Waals surface area contributed by atoms with Crippen LogP contribution in [0.2, 0.25) is 0 Å². The molecule has 2 aromatic rings. The maximum Gasteiger partial charge on any atom is 0.262 e. The lowest BCUT2D eigenvalue weighted by molar-refractivity contribution is 0.471. The summed E-state index contributed by atoms with van der Waals surface area (Å²) in [5.41, 5.74) is -0.0692. The van der Waals surface area contributed by atoms with Gasteiger partial charge in [-0.05, 0) is 24.3 Å². The molecular formula is C12H10FNO3S. The molecule has 0 fully saturated rings. The molecule has 4 nitrogen and oxygen atoms in total. The van der Waals surface area contributed by atoms with E-state index in [1.54, 1.807) is 18.2 Å². The van der Waals surface area contributed by atoms with Crippen LogP contribution in [0.4, 0.5) is 10.1 Å². The minimum atomic E-state index is -3.78. The quantitative estimate of drug-likeness (QED) is 0.839. The van der Waals surface area contributed by atoms with E-state index in [-0.39, 0.29) is 10.6 Å². The van der Waals surface area contributed by atoms with Gasteiger partial charge in [-0.1, -0.05) is 18.2 Å². The molecule has 0 aromatic heterocycles. The maximum atomic E-state index is 12.8. The van der Waals surface area contributed by atoms with Crippen molar-refractivity contribution in [1.29, 1.82) is 0 Å². The number of rotatable bonds is 3. The lowest BCUT2D eigenvalue weighted by atomic mass is 10.3. The monoisotopic (exact) mass is 267 g/mol. The normalized spacial score (nSPS) is 11.2. The first kappa shape index (κ1) is 12.4. The molecule has 0 unspecified atom stereocenters. The van der Waals surface area contributed by atoms with Crippen LogP contribution in [0, 0.1) is 5.82 Å². The topological polar surface area (TPSA) is 66.4 Å². The third kappa shape index (κ3) is 2.60. The highest BCUT2D eigenvalue weighted by molar-refractivity contribution is 7.92. The lowest BCUT2D eigenvalue weighted by Gasteiger charge is -2.09. The Balaban J connectivity index is 2.34. The molecule has 0 bridgehead atoms. The van der Waals surface area contributed by atoms with Crippen LogP contribution in [-0.2, 0) is 10.0 Å². The van der Waals surface area contributed by atoms with Gasteiger partial charge >= 0.3 is 0 Å². The van der Waals surface area contributed by atoms with E-state index in [1.165, 1.54) is 12.1 Å². The second kappa shape index (κ2) is 4.66. The zero-order valence-electron chi connectivity index (χ0n) is 9.17. The number of hydrogen-bond acceptors (Lipinski definition) is 3. The van der Waals surface area contributed by atoms with Gasteiger partial charge in [-0.25, -0.2) is 12.8 Å². The van der Waals surface area contributed by atoms with E-state index in [2.05, 4.69) is 4.72 Å². The van der Waals surface area contributed by atoms with Crippen molar-refractivity contribution in [2.75, 3.05) is 4.72 Å². The Morgan fingerprint density at radius 1 is 1.06 bits per heavy atom. The predicted molar refractivity (Wildman–Crippen MR) is 65.3 cm³/mol. The molecule has 0 saturated heterocycles. The van der Waals surface area contributed by atoms with Crippen molar-refractivity contribution in [3.63, 3.8) is 0 Å². The molecule has 2 N–H and O–H groups in total. The highest BCUT2D eigenvalue weighted by Crippen LogP contribution is 2.26. The molecule has 0 heterocycles. The number of anilines is 1. The molecule has 0 aliphatic carbocycles. The summed E-state index contributed by atoms with van der Waals surface area (Å²) in [7, 11) is -3.78. The number of sulfonamides is 1. The average Bonchev–Trinajstić information content (AvgIpc) is 2.34. The highest BCUT2D eigenvalue weighted by atomic mass is 32.2. The van der Waals surface area contributed by atoms with Gasteiger partial charge in [-0.3, -0.25) is 4.72 Å². The number of hydrogen-bond donors (Lipinski definition) is 2. The molecule has 0 saturated carbocycles. The molecule has 18 heavy (non-hydrogen) atoms. The molecule has 0 aliphatic heterocycles. The van der Waals surface area contributed by atoms with Crippen LogP contribution in [0.25, 0.3) is 0 Å². The molecular weight excluding hydrogens is 257 g/mol. The molecule has 0 spiro atoms. The lowest BCUT2D eigenvalue weighted by Crippen LogP contribution is -2.12. The smallest absolute Gasteiger partial charge is 0.262 e. The van der Waals surface area contributed by atoms with Gasteiger partial charge in [0.1, 0.15) is 11.6 Å². The fourth-order valence-electron chi connectivity index (χ4n) is 1.39. The number of aromatic hydroxyl groups is 1. The second-order valence-corrected chi connectivity index (χ2v) is 5.26. The summed E-state index contributed by atoms with van der Waals surface area (Å²) in [5.74, 6) is -1.11. The predicted octanol–water partition coefficient (Wildman–Crippen LogP) is 2.33. The van der Waals surface area contributed by atoms with E-state index >= 15 is 0 Å². The van der Waals surface area contributed by atoms with Gasteiger partial charge in [-0.15, -0.1) is 0 Å². The van der Waals surface area contributed by atoms with Gasteiger partial charge in [0.25, 0.3) is 10.0 Å². The molecule has 0 aliphatic rings. The summed E-state index contributed by atoms with van der Waals surface area (Å²) in [6, 6.07) is 10.7. The first-order valence-electron chi connectivity index (χ1n) is 5.05. The number of halogens is 1. The van der Waals surface area contributed by atoms with Gasteiger partial charge in [0, 0.05) is 6.07 Å². The molecule has 0 amide bonds. The summed E-state index contributed by atoms with van der Waals surface area (Å²) in [6.45, 7) is 0. The van der Waals surface area contributed by atoms with Crippen LogP contribution < -0.4 is 4.72 Å². The standard InChI is InChI=1S/C12H10FNO3S/c13-9-6-7-11(12(15)8-9)14-18(16,17)10-4-2-1-3-5-10/h1-8,14-15H. The van der Waals surface area contributed by atoms with E-state index in [0.29, 0.717) is 0 Å². The van der Waals surface area contributed by atoms with Crippen LogP contribution in [0.1, 0.15) is 0 Å². The van der Waals surface area contributed by atoms with Gasteiger partial charge in [-0.2, -0.15) is 0 Å². The van der Waals surface area contributed by atoms with Crippen LogP contribution in [0.5, 0.6) is 5.75 Å². The average molecular weight is 267 g/mol. The largest absolute Gasteiger partial charge is 0.506 e. The molecule has 0 atom stereocenters. The first-order chi connectivity index (χ1) is 8.49. The van der Waals surface area contributed by atoms with E-state index in [4.69, 9.17) is 0 Å². The number of phenols is 1.